The van der Waals surface area contributed by atoms with Gasteiger partial charge in [-0.05, 0) is 37.6 Å². The lowest BCUT2D eigenvalue weighted by atomic mass is 10.1. The van der Waals surface area contributed by atoms with Gasteiger partial charge in [-0.2, -0.15) is 0 Å². The van der Waals surface area contributed by atoms with Crippen LogP contribution in [0, 0.1) is 13.8 Å². The maximum absolute atomic E-state index is 5.54. The van der Waals surface area contributed by atoms with Crippen molar-refractivity contribution in [2.45, 2.75) is 13.8 Å². The quantitative estimate of drug-likeness (QED) is 0.666. The molecule has 0 aliphatic heterocycles. The molecule has 0 radical (unpaired) electrons. The molecule has 1 heterocycles. The summed E-state index contributed by atoms with van der Waals surface area (Å²) in [6, 6.07) is 5.85. The predicted octanol–water partition coefficient (Wildman–Crippen LogP) is 3.06. The highest BCUT2D eigenvalue weighted by atomic mass is 16.5. The van der Waals surface area contributed by atoms with Gasteiger partial charge in [-0.25, -0.2) is 0 Å². The van der Waals surface area contributed by atoms with E-state index in [1.54, 1.807) is 7.11 Å². The molecule has 0 aliphatic carbocycles. The average Bonchev–Trinajstić information content (AvgIpc) is 2.43. The zero-order chi connectivity index (χ0) is 9.42. The standard InChI is InChI=1S/C11H12O2/c1-7-8(2)13-11-5-4-9(12-3)6-10(7)11/h4-6H,1-3H3. The van der Waals surface area contributed by atoms with Crippen molar-refractivity contribution in [3.63, 3.8) is 0 Å². The van der Waals surface area contributed by atoms with Crippen molar-refractivity contribution in [3.05, 3.63) is 29.5 Å². The van der Waals surface area contributed by atoms with Crippen LogP contribution in [0.2, 0.25) is 0 Å². The number of fused-ring (bicyclic) bond motifs is 1. The van der Waals surface area contributed by atoms with E-state index in [4.69, 9.17) is 9.15 Å². The van der Waals surface area contributed by atoms with Crippen LogP contribution in [0.4, 0.5) is 0 Å². The summed E-state index contributed by atoms with van der Waals surface area (Å²) in [6.07, 6.45) is 0. The van der Waals surface area contributed by atoms with E-state index < -0.39 is 0 Å². The molecule has 0 amide bonds. The molecule has 68 valence electrons. The second-order valence-electron chi connectivity index (χ2n) is 3.15. The topological polar surface area (TPSA) is 22.4 Å². The Labute approximate surface area is 77.1 Å². The minimum atomic E-state index is 0.872. The van der Waals surface area contributed by atoms with Crippen LogP contribution in [-0.2, 0) is 0 Å². The van der Waals surface area contributed by atoms with Crippen molar-refractivity contribution in [2.24, 2.45) is 0 Å². The summed E-state index contributed by atoms with van der Waals surface area (Å²) >= 11 is 0. The van der Waals surface area contributed by atoms with Crippen molar-refractivity contribution >= 4 is 11.0 Å². The molecule has 0 unspecified atom stereocenters. The molecule has 0 bridgehead atoms. The summed E-state index contributed by atoms with van der Waals surface area (Å²) in [6.45, 7) is 4.03. The van der Waals surface area contributed by atoms with Gasteiger partial charge in [-0.1, -0.05) is 0 Å². The third-order valence-corrected chi connectivity index (χ3v) is 2.38. The van der Waals surface area contributed by atoms with Crippen LogP contribution in [0.1, 0.15) is 11.3 Å². The Morgan fingerprint density at radius 1 is 1.23 bits per heavy atom. The minimum absolute atomic E-state index is 0.872. The van der Waals surface area contributed by atoms with Gasteiger partial charge in [0.2, 0.25) is 0 Å². The van der Waals surface area contributed by atoms with Gasteiger partial charge in [0.15, 0.2) is 0 Å². The molecule has 0 aliphatic rings. The first-order chi connectivity index (χ1) is 6.22. The van der Waals surface area contributed by atoms with Crippen LogP contribution in [0.15, 0.2) is 22.6 Å². The molecular weight excluding hydrogens is 164 g/mol. The molecule has 0 atom stereocenters. The van der Waals surface area contributed by atoms with Crippen molar-refractivity contribution in [3.8, 4) is 5.75 Å². The first kappa shape index (κ1) is 8.17. The van der Waals surface area contributed by atoms with E-state index in [9.17, 15) is 0 Å². The Bertz CT molecular complexity index is 441. The second kappa shape index (κ2) is 2.80. The second-order valence-corrected chi connectivity index (χ2v) is 3.15. The van der Waals surface area contributed by atoms with Crippen LogP contribution in [0.3, 0.4) is 0 Å². The van der Waals surface area contributed by atoms with Gasteiger partial charge < -0.3 is 9.15 Å². The van der Waals surface area contributed by atoms with Crippen molar-refractivity contribution in [1.29, 1.82) is 0 Å². The smallest absolute Gasteiger partial charge is 0.134 e. The molecule has 1 aromatic carbocycles. The zero-order valence-electron chi connectivity index (χ0n) is 8.05. The van der Waals surface area contributed by atoms with Gasteiger partial charge in [0, 0.05) is 5.39 Å². The number of methoxy groups -OCH3 is 1. The van der Waals surface area contributed by atoms with E-state index in [0.29, 0.717) is 0 Å². The maximum atomic E-state index is 5.54. The maximum Gasteiger partial charge on any atom is 0.134 e. The number of rotatable bonds is 1. The summed E-state index contributed by atoms with van der Waals surface area (Å²) in [5, 5.41) is 1.14. The van der Waals surface area contributed by atoms with E-state index >= 15 is 0 Å². The molecule has 2 heteroatoms. The Hall–Kier alpha value is -1.44. The van der Waals surface area contributed by atoms with Gasteiger partial charge in [0.05, 0.1) is 7.11 Å². The van der Waals surface area contributed by atoms with Gasteiger partial charge in [-0.3, -0.25) is 0 Å². The summed E-state index contributed by atoms with van der Waals surface area (Å²) in [5.74, 6) is 1.85. The lowest BCUT2D eigenvalue weighted by molar-refractivity contribution is 0.415. The molecular formula is C11H12O2. The summed E-state index contributed by atoms with van der Waals surface area (Å²) in [7, 11) is 1.67. The SMILES string of the molecule is COc1ccc2oc(C)c(C)c2c1. The normalized spacial score (nSPS) is 10.7. The van der Waals surface area contributed by atoms with E-state index in [1.807, 2.05) is 25.1 Å². The average molecular weight is 176 g/mol. The third-order valence-electron chi connectivity index (χ3n) is 2.38. The van der Waals surface area contributed by atoms with Crippen LogP contribution in [0.5, 0.6) is 5.75 Å². The molecule has 0 saturated carbocycles. The summed E-state index contributed by atoms with van der Waals surface area (Å²) in [5.41, 5.74) is 2.12. The lowest BCUT2D eigenvalue weighted by Gasteiger charge is -1.97. The fourth-order valence-electron chi connectivity index (χ4n) is 1.45. The van der Waals surface area contributed by atoms with Crippen LogP contribution >= 0.6 is 0 Å². The summed E-state index contributed by atoms with van der Waals surface area (Å²) < 4.78 is 10.7. The monoisotopic (exact) mass is 176 g/mol. The largest absolute Gasteiger partial charge is 0.497 e. The van der Waals surface area contributed by atoms with Crippen LogP contribution in [-0.4, -0.2) is 7.11 Å². The molecule has 0 spiro atoms. The molecule has 2 rings (SSSR count). The van der Waals surface area contributed by atoms with Gasteiger partial charge in [0.1, 0.15) is 17.1 Å². The molecule has 1 aromatic heterocycles. The van der Waals surface area contributed by atoms with Crippen molar-refractivity contribution in [1.82, 2.24) is 0 Å². The van der Waals surface area contributed by atoms with Gasteiger partial charge in [-0.15, -0.1) is 0 Å². The van der Waals surface area contributed by atoms with Gasteiger partial charge >= 0.3 is 0 Å². The lowest BCUT2D eigenvalue weighted by Crippen LogP contribution is -1.81. The van der Waals surface area contributed by atoms with Crippen molar-refractivity contribution in [2.75, 3.05) is 7.11 Å². The van der Waals surface area contributed by atoms with E-state index in [1.165, 1.54) is 5.56 Å². The number of benzene rings is 1. The third kappa shape index (κ3) is 1.18. The number of hydrogen-bond donors (Lipinski definition) is 0. The predicted molar refractivity (Wildman–Crippen MR) is 52.2 cm³/mol. The highest BCUT2D eigenvalue weighted by Gasteiger charge is 2.06. The molecule has 0 saturated heterocycles. The summed E-state index contributed by atoms with van der Waals surface area (Å²) in [4.78, 5) is 0. The number of furan rings is 1. The highest BCUT2D eigenvalue weighted by molar-refractivity contribution is 5.83. The first-order valence-corrected chi connectivity index (χ1v) is 4.26. The Morgan fingerprint density at radius 2 is 2.00 bits per heavy atom. The molecule has 2 aromatic rings. The molecule has 2 nitrogen and oxygen atoms in total. The highest BCUT2D eigenvalue weighted by Crippen LogP contribution is 2.27. The Balaban J connectivity index is 2.75. The first-order valence-electron chi connectivity index (χ1n) is 4.26. The van der Waals surface area contributed by atoms with Crippen LogP contribution < -0.4 is 4.74 Å². The number of aryl methyl sites for hydroxylation is 2. The Kier molecular flexibility index (Phi) is 1.76. The fraction of sp³-hybridized carbons (Fsp3) is 0.273. The van der Waals surface area contributed by atoms with E-state index in [-0.39, 0.29) is 0 Å². The minimum Gasteiger partial charge on any atom is -0.497 e. The van der Waals surface area contributed by atoms with Crippen LogP contribution in [0.25, 0.3) is 11.0 Å². The van der Waals surface area contributed by atoms with Crippen molar-refractivity contribution < 1.29 is 9.15 Å². The van der Waals surface area contributed by atoms with E-state index in [0.717, 1.165) is 22.5 Å². The van der Waals surface area contributed by atoms with E-state index in [2.05, 4.69) is 6.92 Å². The fourth-order valence-corrected chi connectivity index (χ4v) is 1.45. The molecule has 0 N–H and O–H groups in total. The molecule has 0 fully saturated rings. The van der Waals surface area contributed by atoms with Gasteiger partial charge in [0.25, 0.3) is 0 Å². The number of hydrogen-bond acceptors (Lipinski definition) is 2. The Morgan fingerprint density at radius 3 is 2.69 bits per heavy atom. The molecule has 13 heavy (non-hydrogen) atoms. The number of ether oxygens (including phenoxy) is 1. The zero-order valence-corrected chi connectivity index (χ0v) is 8.05.